The van der Waals surface area contributed by atoms with Gasteiger partial charge in [-0.2, -0.15) is 0 Å². The zero-order valence-corrected chi connectivity index (χ0v) is 14.4. The molecular weight excluding hydrogens is 356 g/mol. The third kappa shape index (κ3) is 3.64. The smallest absolute Gasteiger partial charge is 0.254 e. The molecule has 7 heteroatoms. The molecule has 0 radical (unpaired) electrons. The number of amides is 1. The molecule has 2 N–H and O–H groups in total. The highest BCUT2D eigenvalue weighted by molar-refractivity contribution is 9.10. The third-order valence-corrected chi connectivity index (χ3v) is 5.79. The Hall–Kier alpha value is -0.920. The van der Waals surface area contributed by atoms with Crippen LogP contribution < -0.4 is 5.14 Å². The fourth-order valence-corrected chi connectivity index (χ4v) is 4.28. The van der Waals surface area contributed by atoms with Crippen LogP contribution >= 0.6 is 15.9 Å². The lowest BCUT2D eigenvalue weighted by Gasteiger charge is -2.36. The average molecular weight is 375 g/mol. The maximum absolute atomic E-state index is 12.6. The van der Waals surface area contributed by atoms with Gasteiger partial charge in [-0.15, -0.1) is 0 Å². The van der Waals surface area contributed by atoms with E-state index < -0.39 is 10.0 Å². The Morgan fingerprint density at radius 2 is 2.05 bits per heavy atom. The molecule has 1 aromatic carbocycles. The van der Waals surface area contributed by atoms with E-state index in [4.69, 9.17) is 5.14 Å². The van der Waals surface area contributed by atoms with Gasteiger partial charge >= 0.3 is 0 Å². The number of carbonyl (C=O) groups is 1. The second kappa shape index (κ2) is 6.06. The molecule has 116 valence electrons. The Bertz CT molecular complexity index is 660. The van der Waals surface area contributed by atoms with Gasteiger partial charge in [0.05, 0.1) is 4.90 Å². The summed E-state index contributed by atoms with van der Waals surface area (Å²) in [6, 6.07) is 4.66. The summed E-state index contributed by atoms with van der Waals surface area (Å²) in [6.07, 6.45) is 1.93. The van der Waals surface area contributed by atoms with Crippen molar-refractivity contribution in [2.45, 2.75) is 37.6 Å². The first kappa shape index (κ1) is 16.5. The number of benzene rings is 1. The third-order valence-electron chi connectivity index (χ3n) is 3.88. The first-order valence-corrected chi connectivity index (χ1v) is 9.17. The lowest BCUT2D eigenvalue weighted by molar-refractivity contribution is 0.0588. The highest BCUT2D eigenvalue weighted by atomic mass is 79.9. The van der Waals surface area contributed by atoms with Gasteiger partial charge in [-0.1, -0.05) is 6.92 Å². The highest BCUT2D eigenvalue weighted by Crippen LogP contribution is 2.26. The first-order valence-electron chi connectivity index (χ1n) is 6.83. The fraction of sp³-hybridized carbons (Fsp3) is 0.500. The number of rotatable bonds is 2. The Morgan fingerprint density at radius 1 is 1.38 bits per heavy atom. The molecule has 1 aliphatic heterocycles. The summed E-state index contributed by atoms with van der Waals surface area (Å²) in [5.41, 5.74) is 0.351. The van der Waals surface area contributed by atoms with Crippen LogP contribution in [-0.4, -0.2) is 31.8 Å². The monoisotopic (exact) mass is 374 g/mol. The molecule has 21 heavy (non-hydrogen) atoms. The Kier molecular flexibility index (Phi) is 4.75. The van der Waals surface area contributed by atoms with Crippen LogP contribution in [0.4, 0.5) is 0 Å². The summed E-state index contributed by atoms with van der Waals surface area (Å²) < 4.78 is 23.4. The van der Waals surface area contributed by atoms with Crippen LogP contribution in [0.2, 0.25) is 0 Å². The van der Waals surface area contributed by atoms with Crippen molar-refractivity contribution >= 4 is 31.9 Å². The second-order valence-corrected chi connectivity index (χ2v) is 8.05. The molecule has 0 aromatic heterocycles. The van der Waals surface area contributed by atoms with Crippen molar-refractivity contribution in [3.8, 4) is 0 Å². The van der Waals surface area contributed by atoms with Crippen molar-refractivity contribution in [3.63, 3.8) is 0 Å². The molecule has 1 aromatic rings. The number of piperidine rings is 1. The van der Waals surface area contributed by atoms with Gasteiger partial charge in [-0.25, -0.2) is 13.6 Å². The Balaban J connectivity index is 2.32. The van der Waals surface area contributed by atoms with Crippen LogP contribution in [0.3, 0.4) is 0 Å². The van der Waals surface area contributed by atoms with E-state index in [1.165, 1.54) is 6.07 Å². The van der Waals surface area contributed by atoms with E-state index in [0.29, 0.717) is 22.5 Å². The quantitative estimate of drug-likeness (QED) is 0.862. The minimum absolute atomic E-state index is 0.0635. The molecule has 0 saturated carbocycles. The number of hydrogen-bond donors (Lipinski definition) is 1. The van der Waals surface area contributed by atoms with Crippen LogP contribution in [0.5, 0.6) is 0 Å². The zero-order chi connectivity index (χ0) is 15.8. The predicted octanol–water partition coefficient (Wildman–Crippen LogP) is 2.36. The van der Waals surface area contributed by atoms with Crippen LogP contribution in [-0.2, 0) is 10.0 Å². The molecule has 1 amide bonds. The molecule has 5 nitrogen and oxygen atoms in total. The van der Waals surface area contributed by atoms with E-state index in [0.717, 1.165) is 12.8 Å². The van der Waals surface area contributed by atoms with E-state index in [1.54, 1.807) is 17.0 Å². The zero-order valence-electron chi connectivity index (χ0n) is 12.0. The molecule has 0 aliphatic carbocycles. The number of carbonyl (C=O) groups excluding carboxylic acids is 1. The van der Waals surface area contributed by atoms with Crippen molar-refractivity contribution in [2.75, 3.05) is 6.54 Å². The van der Waals surface area contributed by atoms with Crippen LogP contribution in [0.25, 0.3) is 0 Å². The van der Waals surface area contributed by atoms with Crippen molar-refractivity contribution in [3.05, 3.63) is 28.2 Å². The number of primary sulfonamides is 1. The number of nitrogens with zero attached hydrogens (tertiary/aromatic N) is 1. The van der Waals surface area contributed by atoms with E-state index in [1.807, 2.05) is 6.92 Å². The van der Waals surface area contributed by atoms with Gasteiger partial charge in [0.25, 0.3) is 5.91 Å². The van der Waals surface area contributed by atoms with Crippen LogP contribution in [0.15, 0.2) is 27.6 Å². The van der Waals surface area contributed by atoms with Crippen molar-refractivity contribution < 1.29 is 13.2 Å². The largest absolute Gasteiger partial charge is 0.336 e. The Labute approximate surface area is 133 Å². The molecule has 1 saturated heterocycles. The maximum atomic E-state index is 12.6. The molecule has 0 bridgehead atoms. The average Bonchev–Trinajstić information content (AvgIpc) is 2.37. The predicted molar refractivity (Wildman–Crippen MR) is 84.4 cm³/mol. The van der Waals surface area contributed by atoms with Crippen molar-refractivity contribution in [1.82, 2.24) is 4.90 Å². The molecule has 2 rings (SSSR count). The number of halogens is 1. The summed E-state index contributed by atoms with van der Waals surface area (Å²) in [5, 5.41) is 5.17. The summed E-state index contributed by atoms with van der Waals surface area (Å²) in [5.74, 6) is 0.459. The number of hydrogen-bond acceptors (Lipinski definition) is 3. The first-order chi connectivity index (χ1) is 9.70. The minimum Gasteiger partial charge on any atom is -0.336 e. The van der Waals surface area contributed by atoms with Gasteiger partial charge in [-0.05, 0) is 59.8 Å². The number of likely N-dealkylation sites (tertiary alicyclic amines) is 1. The van der Waals surface area contributed by atoms with Crippen LogP contribution in [0.1, 0.15) is 37.0 Å². The fourth-order valence-electron chi connectivity index (χ4n) is 2.73. The molecule has 1 fully saturated rings. The van der Waals surface area contributed by atoms with E-state index in [-0.39, 0.29) is 16.8 Å². The van der Waals surface area contributed by atoms with Gasteiger partial charge in [0, 0.05) is 22.6 Å². The maximum Gasteiger partial charge on any atom is 0.254 e. The summed E-state index contributed by atoms with van der Waals surface area (Å²) >= 11 is 3.15. The normalized spacial score (nSPS) is 23.1. The lowest BCUT2D eigenvalue weighted by atomic mass is 9.93. The van der Waals surface area contributed by atoms with E-state index in [9.17, 15) is 13.2 Å². The standard InChI is InChI=1S/C14H19BrN2O3S/c1-9-5-6-17(10(2)7-9)14(18)11-3-4-12(15)13(8-11)21(16,19)20/h3-4,8-10H,5-7H2,1-2H3,(H2,16,19,20). The SMILES string of the molecule is CC1CCN(C(=O)c2ccc(Br)c(S(N)(=O)=O)c2)C(C)C1. The van der Waals surface area contributed by atoms with Gasteiger partial charge in [-0.3, -0.25) is 4.79 Å². The highest BCUT2D eigenvalue weighted by Gasteiger charge is 2.28. The number of nitrogens with two attached hydrogens (primary N) is 1. The second-order valence-electron chi connectivity index (χ2n) is 5.67. The van der Waals surface area contributed by atoms with Crippen molar-refractivity contribution in [2.24, 2.45) is 11.1 Å². The van der Waals surface area contributed by atoms with Gasteiger partial charge in [0.15, 0.2) is 0 Å². The van der Waals surface area contributed by atoms with Gasteiger partial charge in [0.1, 0.15) is 0 Å². The lowest BCUT2D eigenvalue weighted by Crippen LogP contribution is -2.44. The molecule has 1 heterocycles. The van der Waals surface area contributed by atoms with Gasteiger partial charge < -0.3 is 4.90 Å². The van der Waals surface area contributed by atoms with Crippen LogP contribution in [0, 0.1) is 5.92 Å². The summed E-state index contributed by atoms with van der Waals surface area (Å²) in [7, 11) is -3.86. The Morgan fingerprint density at radius 3 is 2.62 bits per heavy atom. The van der Waals surface area contributed by atoms with E-state index >= 15 is 0 Å². The topological polar surface area (TPSA) is 80.5 Å². The summed E-state index contributed by atoms with van der Waals surface area (Å²) in [4.78, 5) is 14.3. The molecular formula is C14H19BrN2O3S. The van der Waals surface area contributed by atoms with E-state index in [2.05, 4.69) is 22.9 Å². The van der Waals surface area contributed by atoms with Crippen molar-refractivity contribution in [1.29, 1.82) is 0 Å². The minimum atomic E-state index is -3.86. The summed E-state index contributed by atoms with van der Waals surface area (Å²) in [6.45, 7) is 4.89. The molecule has 0 spiro atoms. The molecule has 1 aliphatic rings. The molecule has 2 unspecified atom stereocenters. The molecule has 2 atom stereocenters. The van der Waals surface area contributed by atoms with Gasteiger partial charge in [0.2, 0.25) is 10.0 Å². The number of sulfonamides is 1.